The summed E-state index contributed by atoms with van der Waals surface area (Å²) in [6.45, 7) is 1.73. The van der Waals surface area contributed by atoms with E-state index in [1.54, 1.807) is 43.5 Å². The molecule has 0 spiro atoms. The van der Waals surface area contributed by atoms with Crippen molar-refractivity contribution in [1.82, 2.24) is 14.2 Å². The summed E-state index contributed by atoms with van der Waals surface area (Å²) in [5, 5.41) is 8.33. The van der Waals surface area contributed by atoms with E-state index in [2.05, 4.69) is 26.1 Å². The predicted octanol–water partition coefficient (Wildman–Crippen LogP) is 3.87. The van der Waals surface area contributed by atoms with Gasteiger partial charge in [0, 0.05) is 23.6 Å². The summed E-state index contributed by atoms with van der Waals surface area (Å²) in [6.07, 6.45) is 8.60. The summed E-state index contributed by atoms with van der Waals surface area (Å²) in [6, 6.07) is 7.14. The van der Waals surface area contributed by atoms with Crippen molar-refractivity contribution in [3.8, 4) is 11.5 Å². The largest absolute Gasteiger partial charge is 0.423 e. The van der Waals surface area contributed by atoms with Crippen LogP contribution in [0.1, 0.15) is 13.3 Å². The molecular formula is C17H14BrN3O3S. The van der Waals surface area contributed by atoms with Crippen LogP contribution in [0.5, 0.6) is 0 Å². The molecule has 6 nitrogen and oxygen atoms in total. The van der Waals surface area contributed by atoms with Crippen LogP contribution < -0.4 is 0 Å². The van der Waals surface area contributed by atoms with E-state index in [-0.39, 0.29) is 0 Å². The van der Waals surface area contributed by atoms with Gasteiger partial charge in [-0.1, -0.05) is 34.2 Å². The Morgan fingerprint density at radius 3 is 2.88 bits per heavy atom. The van der Waals surface area contributed by atoms with Gasteiger partial charge in [-0.3, -0.25) is 0 Å². The van der Waals surface area contributed by atoms with Crippen molar-refractivity contribution in [2.75, 3.05) is 0 Å². The maximum Gasteiger partial charge on any atom is 0.248 e. The van der Waals surface area contributed by atoms with Crippen LogP contribution in [-0.4, -0.2) is 27.3 Å². The van der Waals surface area contributed by atoms with Crippen LogP contribution in [-0.2, 0) is 10.0 Å². The third-order valence-corrected chi connectivity index (χ3v) is 7.20. The van der Waals surface area contributed by atoms with E-state index >= 15 is 0 Å². The molecule has 0 bridgehead atoms. The molecule has 1 atom stereocenters. The molecule has 25 heavy (non-hydrogen) atoms. The molecule has 0 aliphatic heterocycles. The van der Waals surface area contributed by atoms with E-state index in [0.29, 0.717) is 17.8 Å². The number of halogens is 1. The minimum Gasteiger partial charge on any atom is -0.423 e. The molecule has 0 saturated heterocycles. The lowest BCUT2D eigenvalue weighted by atomic mass is 10.0. The first-order chi connectivity index (χ1) is 11.9. The molecule has 1 unspecified atom stereocenters. The average Bonchev–Trinajstić information content (AvgIpc) is 3.23. The van der Waals surface area contributed by atoms with Gasteiger partial charge < -0.3 is 4.42 Å². The number of hydrogen-bond donors (Lipinski definition) is 0. The molecule has 1 aliphatic carbocycles. The second kappa shape index (κ2) is 5.67. The third-order valence-electron chi connectivity index (χ3n) is 4.36. The van der Waals surface area contributed by atoms with E-state index < -0.39 is 14.8 Å². The summed E-state index contributed by atoms with van der Waals surface area (Å²) >= 11 is 3.41. The van der Waals surface area contributed by atoms with Gasteiger partial charge in [0.25, 0.3) is 0 Å². The highest BCUT2D eigenvalue weighted by atomic mass is 79.9. The predicted molar refractivity (Wildman–Crippen MR) is 98.7 cm³/mol. The number of fused-ring (bicyclic) bond motifs is 1. The van der Waals surface area contributed by atoms with Gasteiger partial charge in [-0.25, -0.2) is 12.4 Å². The zero-order valence-corrected chi connectivity index (χ0v) is 15.7. The summed E-state index contributed by atoms with van der Waals surface area (Å²) in [5.41, 5.74) is 1.36. The fourth-order valence-electron chi connectivity index (χ4n) is 2.97. The lowest BCUT2D eigenvalue weighted by Crippen LogP contribution is -2.38. The number of aromatic nitrogens is 3. The van der Waals surface area contributed by atoms with Gasteiger partial charge in [0.1, 0.15) is 4.75 Å². The first-order valence-electron chi connectivity index (χ1n) is 7.57. The Kier molecular flexibility index (Phi) is 3.69. The van der Waals surface area contributed by atoms with Gasteiger partial charge in [-0.05, 0) is 35.7 Å². The van der Waals surface area contributed by atoms with Crippen LogP contribution >= 0.6 is 15.9 Å². The zero-order chi connectivity index (χ0) is 17.7. The van der Waals surface area contributed by atoms with Crippen molar-refractivity contribution in [3.05, 3.63) is 59.6 Å². The SMILES string of the molecule is CC1(S(=O)(=O)n2ccc3cc(-c4nnco4)ccc32)C=CC=C(Br)C1. The molecule has 8 heteroatoms. The van der Waals surface area contributed by atoms with E-state index in [0.717, 1.165) is 15.4 Å². The van der Waals surface area contributed by atoms with Crippen molar-refractivity contribution >= 4 is 36.9 Å². The quantitative estimate of drug-likeness (QED) is 0.643. The first-order valence-corrected chi connectivity index (χ1v) is 9.81. The van der Waals surface area contributed by atoms with E-state index in [4.69, 9.17) is 4.42 Å². The summed E-state index contributed by atoms with van der Waals surface area (Å²) in [4.78, 5) is 0. The van der Waals surface area contributed by atoms with E-state index in [1.165, 1.54) is 10.4 Å². The van der Waals surface area contributed by atoms with Crippen LogP contribution in [0.2, 0.25) is 0 Å². The topological polar surface area (TPSA) is 78.0 Å². The fraction of sp³-hybridized carbons (Fsp3) is 0.176. The molecule has 2 aromatic heterocycles. The molecule has 128 valence electrons. The maximum atomic E-state index is 13.3. The fourth-order valence-corrected chi connectivity index (χ4v) is 5.57. The maximum absolute atomic E-state index is 13.3. The van der Waals surface area contributed by atoms with Crippen molar-refractivity contribution in [3.63, 3.8) is 0 Å². The number of nitrogens with zero attached hydrogens (tertiary/aromatic N) is 3. The van der Waals surface area contributed by atoms with E-state index in [9.17, 15) is 8.42 Å². The van der Waals surface area contributed by atoms with Gasteiger partial charge in [-0.15, -0.1) is 10.2 Å². The Morgan fingerprint density at radius 1 is 1.32 bits per heavy atom. The smallest absolute Gasteiger partial charge is 0.248 e. The average molecular weight is 420 g/mol. The number of hydrogen-bond acceptors (Lipinski definition) is 5. The van der Waals surface area contributed by atoms with Crippen LogP contribution in [0.3, 0.4) is 0 Å². The standard InChI is InChI=1S/C17H14BrN3O3S/c1-17(7-2-3-14(18)10-17)25(22,23)21-8-6-12-9-13(4-5-15(12)21)16-20-19-11-24-16/h2-9,11H,10H2,1H3. The summed E-state index contributed by atoms with van der Waals surface area (Å²) in [7, 11) is -3.64. The van der Waals surface area contributed by atoms with Crippen LogP contribution in [0.4, 0.5) is 0 Å². The zero-order valence-electron chi connectivity index (χ0n) is 13.3. The minimum absolute atomic E-state index is 0.394. The minimum atomic E-state index is -3.64. The second-order valence-electron chi connectivity index (χ2n) is 6.10. The Bertz CT molecular complexity index is 1110. The van der Waals surface area contributed by atoms with Gasteiger partial charge in [0.15, 0.2) is 0 Å². The lowest BCUT2D eigenvalue weighted by molar-refractivity contribution is 0.554. The Labute approximate surface area is 153 Å². The van der Waals surface area contributed by atoms with Gasteiger partial charge in [-0.2, -0.15) is 0 Å². The molecule has 4 rings (SSSR count). The number of rotatable bonds is 3. The van der Waals surface area contributed by atoms with Crippen LogP contribution in [0.25, 0.3) is 22.4 Å². The Balaban J connectivity index is 1.82. The van der Waals surface area contributed by atoms with Crippen LogP contribution in [0, 0.1) is 0 Å². The van der Waals surface area contributed by atoms with Crippen molar-refractivity contribution < 1.29 is 12.8 Å². The van der Waals surface area contributed by atoms with Crippen molar-refractivity contribution in [2.45, 2.75) is 18.1 Å². The molecule has 1 aromatic carbocycles. The normalized spacial score (nSPS) is 20.8. The Morgan fingerprint density at radius 2 is 2.16 bits per heavy atom. The molecular weight excluding hydrogens is 406 g/mol. The molecule has 3 aromatic rings. The molecule has 0 N–H and O–H groups in total. The molecule has 1 aliphatic rings. The monoisotopic (exact) mass is 419 g/mol. The van der Waals surface area contributed by atoms with Gasteiger partial charge in [0.05, 0.1) is 5.52 Å². The van der Waals surface area contributed by atoms with Gasteiger partial charge >= 0.3 is 0 Å². The molecule has 0 fully saturated rings. The van der Waals surface area contributed by atoms with Crippen molar-refractivity contribution in [2.24, 2.45) is 0 Å². The molecule has 0 radical (unpaired) electrons. The second-order valence-corrected chi connectivity index (χ2v) is 9.39. The number of allylic oxidation sites excluding steroid dienone is 3. The van der Waals surface area contributed by atoms with Crippen LogP contribution in [0.15, 0.2) is 64.0 Å². The van der Waals surface area contributed by atoms with E-state index in [1.807, 2.05) is 12.1 Å². The van der Waals surface area contributed by atoms with Gasteiger partial charge in [0.2, 0.25) is 22.3 Å². The van der Waals surface area contributed by atoms with Crippen molar-refractivity contribution in [1.29, 1.82) is 0 Å². The molecule has 0 saturated carbocycles. The number of benzene rings is 1. The summed E-state index contributed by atoms with van der Waals surface area (Å²) in [5.74, 6) is 0.397. The third kappa shape index (κ3) is 2.56. The molecule has 2 heterocycles. The molecule has 0 amide bonds. The highest BCUT2D eigenvalue weighted by Gasteiger charge is 2.40. The Hall–Kier alpha value is -2.19. The summed E-state index contributed by atoms with van der Waals surface area (Å²) < 4.78 is 32.9. The first kappa shape index (κ1) is 16.3. The lowest BCUT2D eigenvalue weighted by Gasteiger charge is -2.28. The highest BCUT2D eigenvalue weighted by Crippen LogP contribution is 2.36. The highest BCUT2D eigenvalue weighted by molar-refractivity contribution is 9.11.